The lowest BCUT2D eigenvalue weighted by Crippen LogP contribution is -2.33. The van der Waals surface area contributed by atoms with Gasteiger partial charge >= 0.3 is 11.7 Å². The standard InChI is InChI=1S/C14H15N3O4S/c1-3-21-11(18)9-17-13(22-16(2)14(17)20)15-12(19)10-7-5-4-6-8-10/h4-8H,3,9H2,1-2H3. The van der Waals surface area contributed by atoms with Crippen LogP contribution in [0.1, 0.15) is 17.3 Å². The highest BCUT2D eigenvalue weighted by atomic mass is 32.1. The zero-order chi connectivity index (χ0) is 16.1. The lowest BCUT2D eigenvalue weighted by molar-refractivity contribution is -0.143. The van der Waals surface area contributed by atoms with Gasteiger partial charge in [0.1, 0.15) is 6.54 Å². The number of carbonyl (C=O) groups is 2. The minimum Gasteiger partial charge on any atom is -0.465 e. The summed E-state index contributed by atoms with van der Waals surface area (Å²) in [6, 6.07) is 8.50. The molecule has 0 unspecified atom stereocenters. The molecule has 116 valence electrons. The van der Waals surface area contributed by atoms with E-state index in [4.69, 9.17) is 4.74 Å². The third-order valence-corrected chi connectivity index (χ3v) is 3.67. The summed E-state index contributed by atoms with van der Waals surface area (Å²) in [6.45, 7) is 1.63. The second-order valence-corrected chi connectivity index (χ2v) is 5.42. The number of ether oxygens (including phenoxy) is 1. The van der Waals surface area contributed by atoms with E-state index in [2.05, 4.69) is 4.99 Å². The Bertz CT molecular complexity index is 801. The van der Waals surface area contributed by atoms with Crippen LogP contribution in [0.4, 0.5) is 0 Å². The molecule has 0 saturated carbocycles. The van der Waals surface area contributed by atoms with Gasteiger partial charge in [-0.25, -0.2) is 8.75 Å². The molecule has 2 rings (SSSR count). The van der Waals surface area contributed by atoms with Crippen molar-refractivity contribution >= 4 is 23.4 Å². The fourth-order valence-electron chi connectivity index (χ4n) is 1.75. The Hall–Kier alpha value is -2.48. The number of hydrogen-bond donors (Lipinski definition) is 0. The Morgan fingerprint density at radius 1 is 1.27 bits per heavy atom. The van der Waals surface area contributed by atoms with Crippen molar-refractivity contribution in [1.29, 1.82) is 0 Å². The van der Waals surface area contributed by atoms with Gasteiger partial charge in [0, 0.05) is 12.6 Å². The Kier molecular flexibility index (Phi) is 5.05. The Morgan fingerprint density at radius 3 is 2.59 bits per heavy atom. The zero-order valence-corrected chi connectivity index (χ0v) is 13.0. The van der Waals surface area contributed by atoms with Crippen LogP contribution in [0, 0.1) is 0 Å². The highest BCUT2D eigenvalue weighted by Crippen LogP contribution is 2.00. The minimum atomic E-state index is -0.549. The molecule has 1 heterocycles. The van der Waals surface area contributed by atoms with Crippen LogP contribution >= 0.6 is 11.5 Å². The number of hydrogen-bond acceptors (Lipinski definition) is 5. The molecule has 1 aromatic carbocycles. The molecule has 8 heteroatoms. The van der Waals surface area contributed by atoms with Gasteiger partial charge in [0.05, 0.1) is 6.61 Å². The SMILES string of the molecule is CCOC(=O)Cn1c(=NC(=O)c2ccccc2)sn(C)c1=O. The predicted molar refractivity (Wildman–Crippen MR) is 80.5 cm³/mol. The van der Waals surface area contributed by atoms with Gasteiger partial charge in [0.25, 0.3) is 5.91 Å². The third kappa shape index (κ3) is 3.59. The topological polar surface area (TPSA) is 82.7 Å². The van der Waals surface area contributed by atoms with Crippen LogP contribution in [0.3, 0.4) is 0 Å². The van der Waals surface area contributed by atoms with Gasteiger partial charge in [-0.2, -0.15) is 4.99 Å². The van der Waals surface area contributed by atoms with Crippen molar-refractivity contribution < 1.29 is 14.3 Å². The summed E-state index contributed by atoms with van der Waals surface area (Å²) in [6.07, 6.45) is 0. The van der Waals surface area contributed by atoms with Gasteiger partial charge in [0.2, 0.25) is 4.80 Å². The monoisotopic (exact) mass is 321 g/mol. The number of aryl methyl sites for hydroxylation is 1. The van der Waals surface area contributed by atoms with Crippen molar-refractivity contribution in [3.05, 3.63) is 51.2 Å². The summed E-state index contributed by atoms with van der Waals surface area (Å²) >= 11 is 0.996. The first-order valence-electron chi connectivity index (χ1n) is 6.59. The summed E-state index contributed by atoms with van der Waals surface area (Å²) in [5, 5.41) is 0. The number of esters is 1. The first-order valence-corrected chi connectivity index (χ1v) is 7.37. The molecule has 1 aromatic heterocycles. The lowest BCUT2D eigenvalue weighted by atomic mass is 10.2. The third-order valence-electron chi connectivity index (χ3n) is 2.76. The normalized spacial score (nSPS) is 11.5. The number of nitrogens with zero attached hydrogens (tertiary/aromatic N) is 3. The Balaban J connectivity index is 2.41. The summed E-state index contributed by atoms with van der Waals surface area (Å²) in [7, 11) is 1.54. The molecule has 1 amide bonds. The van der Waals surface area contributed by atoms with E-state index in [1.165, 1.54) is 3.96 Å². The van der Waals surface area contributed by atoms with Gasteiger partial charge in [-0.15, -0.1) is 0 Å². The van der Waals surface area contributed by atoms with E-state index < -0.39 is 17.6 Å². The molecule has 22 heavy (non-hydrogen) atoms. The molecule has 0 fully saturated rings. The quantitative estimate of drug-likeness (QED) is 0.770. The van der Waals surface area contributed by atoms with Crippen LogP contribution in [0.5, 0.6) is 0 Å². The van der Waals surface area contributed by atoms with Crippen molar-refractivity contribution in [2.45, 2.75) is 13.5 Å². The molecule has 2 aromatic rings. The molecule has 0 aliphatic carbocycles. The van der Waals surface area contributed by atoms with Crippen molar-refractivity contribution in [2.75, 3.05) is 6.61 Å². The highest BCUT2D eigenvalue weighted by Gasteiger charge is 2.13. The van der Waals surface area contributed by atoms with Crippen molar-refractivity contribution in [2.24, 2.45) is 12.0 Å². The van der Waals surface area contributed by atoms with Crippen LogP contribution in [0.25, 0.3) is 0 Å². The maximum atomic E-state index is 12.1. The smallest absolute Gasteiger partial charge is 0.340 e. The molecule has 0 saturated heterocycles. The van der Waals surface area contributed by atoms with E-state index in [0.29, 0.717) is 5.56 Å². The van der Waals surface area contributed by atoms with Crippen molar-refractivity contribution in [3.8, 4) is 0 Å². The van der Waals surface area contributed by atoms with E-state index in [1.807, 2.05) is 0 Å². The van der Waals surface area contributed by atoms with E-state index in [9.17, 15) is 14.4 Å². The first kappa shape index (κ1) is 15.9. The minimum absolute atomic E-state index is 0.161. The molecule has 0 bridgehead atoms. The Labute approximate surface area is 130 Å². The van der Waals surface area contributed by atoms with Crippen molar-refractivity contribution in [3.63, 3.8) is 0 Å². The fourth-order valence-corrected chi connectivity index (χ4v) is 2.53. The maximum Gasteiger partial charge on any atom is 0.340 e. The number of carbonyl (C=O) groups excluding carboxylic acids is 2. The molecule has 7 nitrogen and oxygen atoms in total. The average Bonchev–Trinajstić information content (AvgIpc) is 2.76. The summed E-state index contributed by atoms with van der Waals surface area (Å²) in [5.41, 5.74) is -0.00801. The average molecular weight is 321 g/mol. The molecule has 0 aliphatic heterocycles. The number of amides is 1. The highest BCUT2D eigenvalue weighted by molar-refractivity contribution is 7.03. The van der Waals surface area contributed by atoms with Crippen LogP contribution in [0.2, 0.25) is 0 Å². The number of aromatic nitrogens is 2. The number of benzene rings is 1. The van der Waals surface area contributed by atoms with Gasteiger partial charge in [-0.1, -0.05) is 18.2 Å². The molecule has 0 N–H and O–H groups in total. The molecular weight excluding hydrogens is 306 g/mol. The molecular formula is C14H15N3O4S. The second-order valence-electron chi connectivity index (χ2n) is 4.33. The fraction of sp³-hybridized carbons (Fsp3) is 0.286. The summed E-state index contributed by atoms with van der Waals surface area (Å²) < 4.78 is 7.26. The first-order chi connectivity index (χ1) is 10.5. The second kappa shape index (κ2) is 6.99. The van der Waals surface area contributed by atoms with Gasteiger partial charge < -0.3 is 4.74 Å². The number of rotatable bonds is 4. The van der Waals surface area contributed by atoms with E-state index in [-0.39, 0.29) is 18.0 Å². The van der Waals surface area contributed by atoms with Crippen LogP contribution in [-0.2, 0) is 23.1 Å². The van der Waals surface area contributed by atoms with Crippen molar-refractivity contribution in [1.82, 2.24) is 8.52 Å². The van der Waals surface area contributed by atoms with Gasteiger partial charge in [-0.05, 0) is 30.6 Å². The van der Waals surface area contributed by atoms with Gasteiger partial charge in [0.15, 0.2) is 0 Å². The lowest BCUT2D eigenvalue weighted by Gasteiger charge is -2.01. The summed E-state index contributed by atoms with van der Waals surface area (Å²) in [4.78, 5) is 39.8. The molecule has 0 aliphatic rings. The van der Waals surface area contributed by atoms with E-state index in [1.54, 1.807) is 44.3 Å². The van der Waals surface area contributed by atoms with Crippen LogP contribution in [-0.4, -0.2) is 27.0 Å². The Morgan fingerprint density at radius 2 is 1.95 bits per heavy atom. The van der Waals surface area contributed by atoms with E-state index in [0.717, 1.165) is 16.1 Å². The summed E-state index contributed by atoms with van der Waals surface area (Å²) in [5.74, 6) is -1.02. The molecule has 0 spiro atoms. The largest absolute Gasteiger partial charge is 0.465 e. The zero-order valence-electron chi connectivity index (χ0n) is 12.2. The van der Waals surface area contributed by atoms with Gasteiger partial charge in [-0.3, -0.25) is 14.2 Å². The molecule has 0 radical (unpaired) electrons. The van der Waals surface area contributed by atoms with Crippen LogP contribution < -0.4 is 10.5 Å². The maximum absolute atomic E-state index is 12.1. The van der Waals surface area contributed by atoms with E-state index >= 15 is 0 Å². The van der Waals surface area contributed by atoms with Crippen LogP contribution in [0.15, 0.2) is 40.1 Å². The predicted octanol–water partition coefficient (Wildman–Crippen LogP) is 0.553. The molecule has 0 atom stereocenters.